The van der Waals surface area contributed by atoms with Gasteiger partial charge >= 0.3 is 7.60 Å². The van der Waals surface area contributed by atoms with Gasteiger partial charge in [-0.1, -0.05) is 55.8 Å². The summed E-state index contributed by atoms with van der Waals surface area (Å²) in [5.74, 6) is 0.426. The second-order valence-corrected chi connectivity index (χ2v) is 13.7. The number of rotatable bonds is 10. The molecular weight excluding hydrogens is 543 g/mol. The highest BCUT2D eigenvalue weighted by Gasteiger charge is 2.61. The van der Waals surface area contributed by atoms with E-state index in [1.54, 1.807) is 39.0 Å². The van der Waals surface area contributed by atoms with E-state index in [9.17, 15) is 23.5 Å². The molecule has 0 amide bonds. The van der Waals surface area contributed by atoms with Gasteiger partial charge in [-0.15, -0.1) is 9.46 Å². The molecule has 2 bridgehead atoms. The quantitative estimate of drug-likeness (QED) is 0.297. The lowest BCUT2D eigenvalue weighted by atomic mass is 9.44. The van der Waals surface area contributed by atoms with Crippen molar-refractivity contribution in [3.05, 3.63) is 33.8 Å². The molecule has 0 heterocycles. The molecule has 10 heteroatoms. The summed E-state index contributed by atoms with van der Waals surface area (Å²) in [4.78, 5) is 17.3. The zero-order valence-corrected chi connectivity index (χ0v) is 23.6. The van der Waals surface area contributed by atoms with Crippen molar-refractivity contribution in [2.45, 2.75) is 90.4 Å². The van der Waals surface area contributed by atoms with Crippen LogP contribution in [-0.4, -0.2) is 28.2 Å². The molecule has 35 heavy (non-hydrogen) atoms. The van der Waals surface area contributed by atoms with Crippen LogP contribution in [0.25, 0.3) is 0 Å². The fourth-order valence-corrected chi connectivity index (χ4v) is 8.71. The molecule has 0 aliphatic heterocycles. The van der Waals surface area contributed by atoms with Crippen LogP contribution in [0.2, 0.25) is 0 Å². The van der Waals surface area contributed by atoms with Gasteiger partial charge in [0.05, 0.1) is 0 Å². The molecule has 0 saturated heterocycles. The van der Waals surface area contributed by atoms with Gasteiger partial charge in [0.15, 0.2) is 5.78 Å². The smallest absolute Gasteiger partial charge is 0.384 e. The molecule has 3 aliphatic rings. The molecule has 3 saturated carbocycles. The summed E-state index contributed by atoms with van der Waals surface area (Å²) in [6, 6.07) is 4.39. The summed E-state index contributed by atoms with van der Waals surface area (Å²) in [5.41, 5.74) is 0.799. The number of hydrogen-bond donors (Lipinski definition) is 1. The SMILES string of the molecule is CCC(CC)(c1ccc(C[C@H](N=C2CC3CC(C2(C)O)C3(C)C)C(C)=O)cc1Br)P(=O)(OF)OF. The first-order valence-corrected chi connectivity index (χ1v) is 14.4. The number of Topliss-reactive ketones (excluding diaryl/α,β-unsaturated/α-hetero) is 1. The molecule has 0 radical (unpaired) electrons. The van der Waals surface area contributed by atoms with E-state index in [4.69, 9.17) is 4.99 Å². The summed E-state index contributed by atoms with van der Waals surface area (Å²) in [5, 5.41) is 9.72. The minimum absolute atomic E-state index is 0.0477. The Labute approximate surface area is 214 Å². The Morgan fingerprint density at radius 1 is 1.29 bits per heavy atom. The van der Waals surface area contributed by atoms with Crippen LogP contribution in [0.3, 0.4) is 0 Å². The van der Waals surface area contributed by atoms with Gasteiger partial charge in [-0.2, -0.15) is 0 Å². The summed E-state index contributed by atoms with van der Waals surface area (Å²) < 4.78 is 46.8. The molecule has 1 aromatic carbocycles. The van der Waals surface area contributed by atoms with E-state index >= 15 is 0 Å². The predicted molar refractivity (Wildman–Crippen MR) is 135 cm³/mol. The van der Waals surface area contributed by atoms with Gasteiger partial charge in [-0.3, -0.25) is 14.4 Å². The van der Waals surface area contributed by atoms with Crippen LogP contribution in [0.4, 0.5) is 9.05 Å². The molecule has 6 nitrogen and oxygen atoms in total. The summed E-state index contributed by atoms with van der Waals surface area (Å²) in [6.07, 6.45) is 2.12. The predicted octanol–water partition coefficient (Wildman–Crippen LogP) is 7.22. The number of benzene rings is 1. The highest BCUT2D eigenvalue weighted by molar-refractivity contribution is 9.10. The normalized spacial score (nSPS) is 28.0. The van der Waals surface area contributed by atoms with Crippen molar-refractivity contribution >= 4 is 35.0 Å². The lowest BCUT2D eigenvalue weighted by molar-refractivity contribution is -0.134. The number of nitrogens with zero attached hydrogens (tertiary/aromatic N) is 1. The number of ketones is 1. The molecule has 0 aromatic heterocycles. The van der Waals surface area contributed by atoms with E-state index < -0.39 is 24.4 Å². The molecule has 3 fully saturated rings. The van der Waals surface area contributed by atoms with Gasteiger partial charge in [0.25, 0.3) is 0 Å². The molecule has 3 aliphatic carbocycles. The van der Waals surface area contributed by atoms with Crippen molar-refractivity contribution in [2.75, 3.05) is 0 Å². The fraction of sp³-hybridized carbons (Fsp3) is 0.680. The molecular formula is C25H35BrF2NO5P. The number of halogens is 3. The van der Waals surface area contributed by atoms with Crippen molar-refractivity contribution in [2.24, 2.45) is 22.2 Å². The van der Waals surface area contributed by atoms with Crippen LogP contribution in [-0.2, 0) is 30.4 Å². The van der Waals surface area contributed by atoms with Gasteiger partial charge in [-0.05, 0) is 83.0 Å². The maximum atomic E-state index is 13.2. The topological polar surface area (TPSA) is 85.2 Å². The third-order valence-electron chi connectivity index (χ3n) is 8.79. The van der Waals surface area contributed by atoms with Crippen molar-refractivity contribution < 1.29 is 33.0 Å². The molecule has 3 unspecified atom stereocenters. The van der Waals surface area contributed by atoms with Gasteiger partial charge in [0, 0.05) is 16.6 Å². The van der Waals surface area contributed by atoms with E-state index in [0.717, 1.165) is 12.0 Å². The number of carbonyl (C=O) groups is 1. The van der Waals surface area contributed by atoms with Gasteiger partial charge in [-0.25, -0.2) is 0 Å². The first-order valence-electron chi connectivity index (χ1n) is 12.0. The summed E-state index contributed by atoms with van der Waals surface area (Å²) >= 11 is 3.45. The zero-order chi connectivity index (χ0) is 26.4. The molecule has 4 atom stereocenters. The molecule has 1 N–H and O–H groups in total. The Morgan fingerprint density at radius 3 is 2.31 bits per heavy atom. The van der Waals surface area contributed by atoms with E-state index in [1.165, 1.54) is 6.92 Å². The molecule has 4 rings (SSSR count). The first-order chi connectivity index (χ1) is 16.2. The van der Waals surface area contributed by atoms with Crippen molar-refractivity contribution in [3.8, 4) is 0 Å². The Hall–Kier alpha value is -0.990. The van der Waals surface area contributed by atoms with Crippen LogP contribution in [0.1, 0.15) is 78.4 Å². The fourth-order valence-electron chi connectivity index (χ4n) is 6.20. The Bertz CT molecular complexity index is 1050. The van der Waals surface area contributed by atoms with Crippen LogP contribution in [0, 0.1) is 17.3 Å². The lowest BCUT2D eigenvalue weighted by Crippen LogP contribution is -2.65. The number of hydrogen-bond acceptors (Lipinski definition) is 6. The minimum Gasteiger partial charge on any atom is -0.384 e. The third-order valence-corrected chi connectivity index (χ3v) is 11.7. The Balaban J connectivity index is 1.92. The maximum absolute atomic E-state index is 13.2. The second kappa shape index (κ2) is 10.1. The molecule has 0 spiro atoms. The third kappa shape index (κ3) is 4.61. The number of fused-ring (bicyclic) bond motifs is 2. The van der Waals surface area contributed by atoms with Crippen molar-refractivity contribution in [1.29, 1.82) is 0 Å². The van der Waals surface area contributed by atoms with Crippen LogP contribution < -0.4 is 0 Å². The van der Waals surface area contributed by atoms with Gasteiger partial charge in [0.2, 0.25) is 0 Å². The average molecular weight is 578 g/mol. The van der Waals surface area contributed by atoms with E-state index in [0.29, 0.717) is 28.1 Å². The standard InChI is InChI=1S/C25H35BrF2NO5P/c1-7-25(8-2,35(32,33-27)34-28)18-10-9-16(11-19(18)26)12-20(15(3)30)29-22-14-17-13-21(23(17,4)5)24(22,6)31/h9-11,17,20-21,31H,7-8,12-14H2,1-6H3/t17?,20-,21?,24?/m0/s1. The monoisotopic (exact) mass is 577 g/mol. The minimum atomic E-state index is -4.75. The molecule has 196 valence electrons. The maximum Gasteiger partial charge on any atom is 0.404 e. The second-order valence-electron chi connectivity index (χ2n) is 10.8. The van der Waals surface area contributed by atoms with Crippen LogP contribution in [0.15, 0.2) is 27.7 Å². The zero-order valence-electron chi connectivity index (χ0n) is 21.1. The van der Waals surface area contributed by atoms with Crippen molar-refractivity contribution in [3.63, 3.8) is 0 Å². The lowest BCUT2D eigenvalue weighted by Gasteiger charge is -2.62. The number of aliphatic imine (C=N–C) groups is 1. The summed E-state index contributed by atoms with van der Waals surface area (Å²) in [6.45, 7) is 10.9. The Morgan fingerprint density at radius 2 is 1.89 bits per heavy atom. The highest BCUT2D eigenvalue weighted by atomic mass is 79.9. The van der Waals surface area contributed by atoms with E-state index in [1.807, 2.05) is 0 Å². The van der Waals surface area contributed by atoms with Crippen LogP contribution in [0.5, 0.6) is 0 Å². The Kier molecular flexibility index (Phi) is 8.21. The number of carbonyl (C=O) groups excluding carboxylic acids is 1. The summed E-state index contributed by atoms with van der Waals surface area (Å²) in [7, 11) is -4.75. The average Bonchev–Trinajstić information content (AvgIpc) is 2.80. The molecule has 1 aromatic rings. The largest absolute Gasteiger partial charge is 0.404 e. The number of aliphatic hydroxyl groups is 1. The van der Waals surface area contributed by atoms with E-state index in [-0.39, 0.29) is 36.4 Å². The van der Waals surface area contributed by atoms with Crippen LogP contribution >= 0.6 is 23.5 Å². The van der Waals surface area contributed by atoms with Crippen molar-refractivity contribution in [1.82, 2.24) is 0 Å². The first kappa shape index (κ1) is 28.6. The van der Waals surface area contributed by atoms with Gasteiger partial charge in [0.1, 0.15) is 16.8 Å². The highest BCUT2D eigenvalue weighted by Crippen LogP contribution is 2.69. The van der Waals surface area contributed by atoms with E-state index in [2.05, 4.69) is 39.2 Å². The van der Waals surface area contributed by atoms with Gasteiger partial charge < -0.3 is 5.11 Å².